The molecule has 2 rings (SSSR count). The lowest BCUT2D eigenvalue weighted by atomic mass is 10.1. The molecule has 0 amide bonds. The van der Waals surface area contributed by atoms with Gasteiger partial charge < -0.3 is 16.0 Å². The third-order valence-electron chi connectivity index (χ3n) is 2.68. The van der Waals surface area contributed by atoms with Crippen molar-refractivity contribution in [1.29, 1.82) is 0 Å². The van der Waals surface area contributed by atoms with Crippen LogP contribution in [0.25, 0.3) is 10.9 Å². The highest BCUT2D eigenvalue weighted by Gasteiger charge is 2.02. The average Bonchev–Trinajstić information content (AvgIpc) is 2.74. The van der Waals surface area contributed by atoms with Crippen molar-refractivity contribution < 1.29 is 0 Å². The fourth-order valence-electron chi connectivity index (χ4n) is 1.67. The zero-order valence-corrected chi connectivity index (χ0v) is 8.96. The SMILES string of the molecule is C[C@@H](CN)NCc1cccc2[nH]ccc12. The van der Waals surface area contributed by atoms with Gasteiger partial charge in [-0.1, -0.05) is 12.1 Å². The van der Waals surface area contributed by atoms with Gasteiger partial charge >= 0.3 is 0 Å². The van der Waals surface area contributed by atoms with Crippen molar-refractivity contribution in [3.05, 3.63) is 36.0 Å². The Morgan fingerprint density at radius 1 is 1.40 bits per heavy atom. The third-order valence-corrected chi connectivity index (χ3v) is 2.68. The molecule has 2 aromatic rings. The third kappa shape index (κ3) is 2.19. The van der Waals surface area contributed by atoms with Gasteiger partial charge in [-0.15, -0.1) is 0 Å². The maximum atomic E-state index is 5.56. The number of hydrogen-bond donors (Lipinski definition) is 3. The van der Waals surface area contributed by atoms with E-state index >= 15 is 0 Å². The van der Waals surface area contributed by atoms with Crippen molar-refractivity contribution in [3.63, 3.8) is 0 Å². The molecule has 1 aromatic carbocycles. The predicted molar refractivity (Wildman–Crippen MR) is 63.7 cm³/mol. The maximum Gasteiger partial charge on any atom is 0.0457 e. The molecule has 0 unspecified atom stereocenters. The minimum Gasteiger partial charge on any atom is -0.361 e. The molecule has 3 nitrogen and oxygen atoms in total. The zero-order valence-electron chi connectivity index (χ0n) is 8.96. The molecule has 0 spiro atoms. The van der Waals surface area contributed by atoms with E-state index in [1.54, 1.807) is 0 Å². The van der Waals surface area contributed by atoms with Gasteiger partial charge in [0.15, 0.2) is 0 Å². The van der Waals surface area contributed by atoms with Crippen LogP contribution in [0.1, 0.15) is 12.5 Å². The van der Waals surface area contributed by atoms with E-state index in [9.17, 15) is 0 Å². The second-order valence-electron chi connectivity index (χ2n) is 3.87. The van der Waals surface area contributed by atoms with Crippen LogP contribution in [0.5, 0.6) is 0 Å². The molecule has 1 aromatic heterocycles. The van der Waals surface area contributed by atoms with Gasteiger partial charge in [-0.2, -0.15) is 0 Å². The highest BCUT2D eigenvalue weighted by molar-refractivity contribution is 5.82. The van der Waals surface area contributed by atoms with Crippen LogP contribution in [0.15, 0.2) is 30.5 Å². The number of fused-ring (bicyclic) bond motifs is 1. The Bertz CT molecular complexity index is 433. The lowest BCUT2D eigenvalue weighted by Gasteiger charge is -2.11. The first-order valence-corrected chi connectivity index (χ1v) is 5.29. The number of hydrogen-bond acceptors (Lipinski definition) is 2. The van der Waals surface area contributed by atoms with E-state index in [1.165, 1.54) is 16.5 Å². The standard InChI is InChI=1S/C12H17N3/c1-9(7-13)15-8-10-3-2-4-12-11(10)5-6-14-12/h2-6,9,14-15H,7-8,13H2,1H3/t9-/m0/s1. The summed E-state index contributed by atoms with van der Waals surface area (Å²) in [5, 5.41) is 4.68. The van der Waals surface area contributed by atoms with Crippen LogP contribution in [-0.2, 0) is 6.54 Å². The van der Waals surface area contributed by atoms with E-state index in [0.717, 1.165) is 6.54 Å². The quantitative estimate of drug-likeness (QED) is 0.707. The Morgan fingerprint density at radius 3 is 3.07 bits per heavy atom. The monoisotopic (exact) mass is 203 g/mol. The zero-order chi connectivity index (χ0) is 10.7. The van der Waals surface area contributed by atoms with Crippen LogP contribution in [0.4, 0.5) is 0 Å². The van der Waals surface area contributed by atoms with Crippen LogP contribution in [-0.4, -0.2) is 17.6 Å². The van der Waals surface area contributed by atoms with E-state index < -0.39 is 0 Å². The van der Waals surface area contributed by atoms with E-state index in [0.29, 0.717) is 12.6 Å². The van der Waals surface area contributed by atoms with E-state index in [2.05, 4.69) is 41.5 Å². The minimum atomic E-state index is 0.360. The summed E-state index contributed by atoms with van der Waals surface area (Å²) in [6.07, 6.45) is 1.97. The van der Waals surface area contributed by atoms with Crippen LogP contribution in [0.3, 0.4) is 0 Å². The summed E-state index contributed by atoms with van der Waals surface area (Å²) in [6, 6.07) is 8.78. The predicted octanol–water partition coefficient (Wildman–Crippen LogP) is 1.60. The number of aromatic nitrogens is 1. The summed E-state index contributed by atoms with van der Waals surface area (Å²) in [5.74, 6) is 0. The molecule has 0 aliphatic heterocycles. The Balaban J connectivity index is 2.17. The molecule has 80 valence electrons. The van der Waals surface area contributed by atoms with Crippen molar-refractivity contribution >= 4 is 10.9 Å². The van der Waals surface area contributed by atoms with Crippen molar-refractivity contribution in [2.24, 2.45) is 5.73 Å². The molecular formula is C12H17N3. The fourth-order valence-corrected chi connectivity index (χ4v) is 1.67. The Morgan fingerprint density at radius 2 is 2.27 bits per heavy atom. The van der Waals surface area contributed by atoms with Gasteiger partial charge in [0.2, 0.25) is 0 Å². The lowest BCUT2D eigenvalue weighted by molar-refractivity contribution is 0.558. The van der Waals surface area contributed by atoms with Gasteiger partial charge in [-0.3, -0.25) is 0 Å². The van der Waals surface area contributed by atoms with E-state index in [4.69, 9.17) is 5.73 Å². The second kappa shape index (κ2) is 4.47. The number of rotatable bonds is 4. The maximum absolute atomic E-state index is 5.56. The molecule has 1 atom stereocenters. The number of benzene rings is 1. The summed E-state index contributed by atoms with van der Waals surface area (Å²) >= 11 is 0. The Hall–Kier alpha value is -1.32. The number of aromatic amines is 1. The van der Waals surface area contributed by atoms with Gasteiger partial charge in [0, 0.05) is 36.2 Å². The minimum absolute atomic E-state index is 0.360. The molecule has 0 radical (unpaired) electrons. The summed E-state index contributed by atoms with van der Waals surface area (Å²) in [6.45, 7) is 3.63. The van der Waals surface area contributed by atoms with Gasteiger partial charge in [-0.25, -0.2) is 0 Å². The van der Waals surface area contributed by atoms with Crippen molar-refractivity contribution in [2.45, 2.75) is 19.5 Å². The smallest absolute Gasteiger partial charge is 0.0457 e. The van der Waals surface area contributed by atoms with Gasteiger partial charge in [0.05, 0.1) is 0 Å². The molecule has 0 saturated carbocycles. The highest BCUT2D eigenvalue weighted by atomic mass is 14.9. The normalized spacial score (nSPS) is 13.2. The van der Waals surface area contributed by atoms with E-state index in [-0.39, 0.29) is 0 Å². The topological polar surface area (TPSA) is 53.8 Å². The molecule has 15 heavy (non-hydrogen) atoms. The molecule has 0 fully saturated rings. The van der Waals surface area contributed by atoms with Crippen LogP contribution >= 0.6 is 0 Å². The molecule has 1 heterocycles. The number of H-pyrrole nitrogens is 1. The van der Waals surface area contributed by atoms with Crippen LogP contribution in [0.2, 0.25) is 0 Å². The fraction of sp³-hybridized carbons (Fsp3) is 0.333. The molecule has 3 heteroatoms. The molecule has 0 bridgehead atoms. The molecule has 4 N–H and O–H groups in total. The first kappa shape index (κ1) is 10.2. The van der Waals surface area contributed by atoms with Crippen molar-refractivity contribution in [3.8, 4) is 0 Å². The van der Waals surface area contributed by atoms with Crippen LogP contribution in [0, 0.1) is 0 Å². The first-order valence-electron chi connectivity index (χ1n) is 5.29. The Kier molecular flexibility index (Phi) is 3.04. The molecule has 0 aliphatic rings. The average molecular weight is 203 g/mol. The van der Waals surface area contributed by atoms with Crippen molar-refractivity contribution in [2.75, 3.05) is 6.54 Å². The molecule has 0 saturated heterocycles. The van der Waals surface area contributed by atoms with Gasteiger partial charge in [-0.05, 0) is 24.6 Å². The van der Waals surface area contributed by atoms with Crippen molar-refractivity contribution in [1.82, 2.24) is 10.3 Å². The largest absolute Gasteiger partial charge is 0.361 e. The number of nitrogens with one attached hydrogen (secondary N) is 2. The first-order chi connectivity index (χ1) is 7.31. The Labute approximate surface area is 89.7 Å². The van der Waals surface area contributed by atoms with Crippen LogP contribution < -0.4 is 11.1 Å². The molecule has 0 aliphatic carbocycles. The van der Waals surface area contributed by atoms with E-state index in [1.807, 2.05) is 6.20 Å². The summed E-state index contributed by atoms with van der Waals surface area (Å²) in [4.78, 5) is 3.21. The lowest BCUT2D eigenvalue weighted by Crippen LogP contribution is -2.32. The van der Waals surface area contributed by atoms with Gasteiger partial charge in [0.1, 0.15) is 0 Å². The summed E-state index contributed by atoms with van der Waals surface area (Å²) < 4.78 is 0. The number of nitrogens with two attached hydrogens (primary N) is 1. The van der Waals surface area contributed by atoms with Gasteiger partial charge in [0.25, 0.3) is 0 Å². The molecular weight excluding hydrogens is 186 g/mol. The summed E-state index contributed by atoms with van der Waals surface area (Å²) in [7, 11) is 0. The second-order valence-corrected chi connectivity index (χ2v) is 3.87. The summed E-state index contributed by atoms with van der Waals surface area (Å²) in [5.41, 5.74) is 8.06. The highest BCUT2D eigenvalue weighted by Crippen LogP contribution is 2.16.